The SMILES string of the molecule is CNC(c1cc(C)c(C)cc1C)c1scc(C)c1Cl. The number of benzene rings is 1. The van der Waals surface area contributed by atoms with Crippen LogP contribution < -0.4 is 5.32 Å². The molecule has 1 aromatic carbocycles. The number of hydrogen-bond acceptors (Lipinski definition) is 2. The van der Waals surface area contributed by atoms with E-state index in [9.17, 15) is 0 Å². The lowest BCUT2D eigenvalue weighted by Gasteiger charge is -2.20. The van der Waals surface area contributed by atoms with Gasteiger partial charge in [-0.3, -0.25) is 0 Å². The second-order valence-corrected chi connectivity index (χ2v) is 6.40. The topological polar surface area (TPSA) is 12.0 Å². The molecule has 3 heteroatoms. The van der Waals surface area contributed by atoms with Crippen LogP contribution in [0, 0.1) is 27.7 Å². The van der Waals surface area contributed by atoms with Crippen LogP contribution in [-0.2, 0) is 0 Å². The number of rotatable bonds is 3. The zero-order valence-electron chi connectivity index (χ0n) is 12.1. The molecule has 0 saturated heterocycles. The lowest BCUT2D eigenvalue weighted by Crippen LogP contribution is -2.18. The molecule has 1 atom stereocenters. The normalized spacial score (nSPS) is 12.7. The maximum atomic E-state index is 6.43. The van der Waals surface area contributed by atoms with Gasteiger partial charge in [-0.15, -0.1) is 11.3 Å². The minimum atomic E-state index is 0.172. The van der Waals surface area contributed by atoms with E-state index in [1.807, 2.05) is 7.05 Å². The van der Waals surface area contributed by atoms with Crippen LogP contribution in [0.5, 0.6) is 0 Å². The summed E-state index contributed by atoms with van der Waals surface area (Å²) in [6, 6.07) is 4.70. The summed E-state index contributed by atoms with van der Waals surface area (Å²) in [6.45, 7) is 8.54. The van der Waals surface area contributed by atoms with Crippen molar-refractivity contribution < 1.29 is 0 Å². The highest BCUT2D eigenvalue weighted by Crippen LogP contribution is 2.37. The Morgan fingerprint density at radius 3 is 2.16 bits per heavy atom. The van der Waals surface area contributed by atoms with Crippen LogP contribution in [0.15, 0.2) is 17.5 Å². The fourth-order valence-electron chi connectivity index (χ4n) is 2.37. The Kier molecular flexibility index (Phi) is 4.34. The van der Waals surface area contributed by atoms with Gasteiger partial charge >= 0.3 is 0 Å². The van der Waals surface area contributed by atoms with E-state index in [2.05, 4.69) is 50.5 Å². The standard InChI is InChI=1S/C16H20ClNS/c1-9-6-11(3)13(7-10(9)2)15(18-5)16-14(17)12(4)8-19-16/h6-8,15,18H,1-5H3. The lowest BCUT2D eigenvalue weighted by atomic mass is 9.95. The van der Waals surface area contributed by atoms with E-state index in [1.54, 1.807) is 11.3 Å². The molecule has 1 heterocycles. The van der Waals surface area contributed by atoms with Crippen molar-refractivity contribution in [1.29, 1.82) is 0 Å². The first-order valence-electron chi connectivity index (χ1n) is 6.44. The fourth-order valence-corrected chi connectivity index (χ4v) is 3.80. The quantitative estimate of drug-likeness (QED) is 0.845. The molecule has 0 saturated carbocycles. The Balaban J connectivity index is 2.54. The van der Waals surface area contributed by atoms with Crippen LogP contribution in [0.1, 0.15) is 38.7 Å². The molecule has 102 valence electrons. The van der Waals surface area contributed by atoms with Crippen molar-refractivity contribution in [3.63, 3.8) is 0 Å². The molecule has 1 unspecified atom stereocenters. The highest BCUT2D eigenvalue weighted by atomic mass is 35.5. The van der Waals surface area contributed by atoms with E-state index in [-0.39, 0.29) is 6.04 Å². The first kappa shape index (κ1) is 14.6. The third kappa shape index (κ3) is 2.71. The second-order valence-electron chi connectivity index (χ2n) is 5.11. The van der Waals surface area contributed by atoms with Crippen LogP contribution in [0.25, 0.3) is 0 Å². The van der Waals surface area contributed by atoms with Gasteiger partial charge in [0.1, 0.15) is 0 Å². The molecule has 0 aliphatic heterocycles. The van der Waals surface area contributed by atoms with Gasteiger partial charge in [0.15, 0.2) is 0 Å². The van der Waals surface area contributed by atoms with Crippen LogP contribution in [0.4, 0.5) is 0 Å². The zero-order chi connectivity index (χ0) is 14.2. The number of thiophene rings is 1. The summed E-state index contributed by atoms with van der Waals surface area (Å²) in [5.74, 6) is 0. The average molecular weight is 294 g/mol. The van der Waals surface area contributed by atoms with Crippen LogP contribution in [0.3, 0.4) is 0 Å². The summed E-state index contributed by atoms with van der Waals surface area (Å²) in [5, 5.41) is 6.42. The molecular weight excluding hydrogens is 274 g/mol. The van der Waals surface area contributed by atoms with Gasteiger partial charge in [-0.05, 0) is 67.9 Å². The molecule has 2 rings (SSSR count). The average Bonchev–Trinajstić information content (AvgIpc) is 2.68. The first-order valence-corrected chi connectivity index (χ1v) is 7.70. The predicted octanol–water partition coefficient (Wildman–Crippen LogP) is 4.94. The fraction of sp³-hybridized carbons (Fsp3) is 0.375. The molecule has 0 amide bonds. The van der Waals surface area contributed by atoms with Crippen molar-refractivity contribution in [2.75, 3.05) is 7.05 Å². The molecule has 0 aliphatic rings. The van der Waals surface area contributed by atoms with Gasteiger partial charge in [0, 0.05) is 4.88 Å². The molecular formula is C16H20ClNS. The maximum Gasteiger partial charge on any atom is 0.0686 e. The van der Waals surface area contributed by atoms with Gasteiger partial charge in [0.25, 0.3) is 0 Å². The molecule has 19 heavy (non-hydrogen) atoms. The highest BCUT2D eigenvalue weighted by Gasteiger charge is 2.20. The van der Waals surface area contributed by atoms with E-state index in [0.717, 1.165) is 10.6 Å². The molecule has 0 fully saturated rings. The molecule has 2 aromatic rings. The second kappa shape index (κ2) is 5.66. The van der Waals surface area contributed by atoms with E-state index in [1.165, 1.54) is 27.1 Å². The van der Waals surface area contributed by atoms with Crippen LogP contribution in [0.2, 0.25) is 5.02 Å². The molecule has 1 nitrogen and oxygen atoms in total. The maximum absolute atomic E-state index is 6.43. The van der Waals surface area contributed by atoms with Crippen LogP contribution in [-0.4, -0.2) is 7.05 Å². The Labute approximate surface area is 124 Å². The first-order chi connectivity index (χ1) is 8.95. The molecule has 0 bridgehead atoms. The van der Waals surface area contributed by atoms with Gasteiger partial charge < -0.3 is 5.32 Å². The summed E-state index contributed by atoms with van der Waals surface area (Å²) in [4.78, 5) is 1.20. The van der Waals surface area contributed by atoms with Crippen molar-refractivity contribution in [3.05, 3.63) is 55.2 Å². The van der Waals surface area contributed by atoms with Crippen molar-refractivity contribution in [3.8, 4) is 0 Å². The Hall–Kier alpha value is -0.830. The smallest absolute Gasteiger partial charge is 0.0686 e. The summed E-state index contributed by atoms with van der Waals surface area (Å²) in [7, 11) is 1.99. The van der Waals surface area contributed by atoms with Crippen molar-refractivity contribution in [2.45, 2.75) is 33.7 Å². The van der Waals surface area contributed by atoms with E-state index < -0.39 is 0 Å². The molecule has 1 N–H and O–H groups in total. The minimum Gasteiger partial charge on any atom is -0.309 e. The van der Waals surface area contributed by atoms with E-state index in [0.29, 0.717) is 0 Å². The van der Waals surface area contributed by atoms with E-state index >= 15 is 0 Å². The van der Waals surface area contributed by atoms with Gasteiger partial charge in [-0.25, -0.2) is 0 Å². The third-order valence-electron chi connectivity index (χ3n) is 3.67. The number of halogens is 1. The Morgan fingerprint density at radius 2 is 1.63 bits per heavy atom. The molecule has 0 aliphatic carbocycles. The van der Waals surface area contributed by atoms with Crippen LogP contribution >= 0.6 is 22.9 Å². The summed E-state index contributed by atoms with van der Waals surface area (Å²) < 4.78 is 0. The van der Waals surface area contributed by atoms with Gasteiger partial charge in [-0.1, -0.05) is 23.7 Å². The number of aryl methyl sites for hydroxylation is 4. The summed E-state index contributed by atoms with van der Waals surface area (Å²) >= 11 is 8.15. The predicted molar refractivity (Wildman–Crippen MR) is 85.6 cm³/mol. The minimum absolute atomic E-state index is 0.172. The third-order valence-corrected chi connectivity index (χ3v) is 5.45. The van der Waals surface area contributed by atoms with Crippen molar-refractivity contribution >= 4 is 22.9 Å². The molecule has 0 radical (unpaired) electrons. The van der Waals surface area contributed by atoms with Gasteiger partial charge in [0.2, 0.25) is 0 Å². The van der Waals surface area contributed by atoms with Crippen molar-refractivity contribution in [2.24, 2.45) is 0 Å². The Bertz CT molecular complexity index is 601. The molecule has 0 spiro atoms. The molecule has 1 aromatic heterocycles. The summed E-state index contributed by atoms with van der Waals surface area (Å²) in [5.41, 5.74) is 6.44. The lowest BCUT2D eigenvalue weighted by molar-refractivity contribution is 0.698. The zero-order valence-corrected chi connectivity index (χ0v) is 13.7. The van der Waals surface area contributed by atoms with Gasteiger partial charge in [0.05, 0.1) is 11.1 Å². The number of hydrogen-bond donors (Lipinski definition) is 1. The highest BCUT2D eigenvalue weighted by molar-refractivity contribution is 7.10. The number of nitrogens with one attached hydrogen (secondary N) is 1. The monoisotopic (exact) mass is 293 g/mol. The van der Waals surface area contributed by atoms with Crippen molar-refractivity contribution in [1.82, 2.24) is 5.32 Å². The largest absolute Gasteiger partial charge is 0.309 e. The summed E-state index contributed by atoms with van der Waals surface area (Å²) in [6.07, 6.45) is 0. The van der Waals surface area contributed by atoms with E-state index in [4.69, 9.17) is 11.6 Å². The Morgan fingerprint density at radius 1 is 1.00 bits per heavy atom. The van der Waals surface area contributed by atoms with Gasteiger partial charge in [-0.2, -0.15) is 0 Å².